The van der Waals surface area contributed by atoms with E-state index < -0.39 is 9.84 Å². The molecule has 0 saturated carbocycles. The van der Waals surface area contributed by atoms with Gasteiger partial charge in [0.25, 0.3) is 0 Å². The molecule has 1 heterocycles. The van der Waals surface area contributed by atoms with Crippen LogP contribution in [0.2, 0.25) is 0 Å². The second kappa shape index (κ2) is 8.31. The Bertz CT molecular complexity index is 1070. The van der Waals surface area contributed by atoms with Crippen LogP contribution < -0.4 is 5.32 Å². The molecule has 0 spiro atoms. The van der Waals surface area contributed by atoms with Crippen LogP contribution in [0.1, 0.15) is 19.1 Å². The molecular formula is C21H21NO5S. The fourth-order valence-corrected chi connectivity index (χ4v) is 3.60. The van der Waals surface area contributed by atoms with Gasteiger partial charge in [0, 0.05) is 18.4 Å². The van der Waals surface area contributed by atoms with Gasteiger partial charge in [0.15, 0.2) is 9.84 Å². The summed E-state index contributed by atoms with van der Waals surface area (Å²) in [6, 6.07) is 17.2. The van der Waals surface area contributed by atoms with Crippen molar-refractivity contribution in [2.75, 3.05) is 11.1 Å². The Morgan fingerprint density at radius 1 is 1.07 bits per heavy atom. The van der Waals surface area contributed by atoms with Gasteiger partial charge in [0.2, 0.25) is 5.91 Å². The summed E-state index contributed by atoms with van der Waals surface area (Å²) in [5.74, 6) is 0.798. The van der Waals surface area contributed by atoms with Crippen LogP contribution >= 0.6 is 0 Å². The maximum absolute atomic E-state index is 12.2. The minimum atomic E-state index is -3.43. The molecule has 0 aliphatic carbocycles. The molecule has 0 atom stereocenters. The third kappa shape index (κ3) is 4.61. The number of furan rings is 1. The number of sulfone groups is 1. The summed E-state index contributed by atoms with van der Waals surface area (Å²) in [6.07, 6.45) is 0.512. The van der Waals surface area contributed by atoms with Gasteiger partial charge in [0.1, 0.15) is 17.3 Å². The van der Waals surface area contributed by atoms with Crippen molar-refractivity contribution < 1.29 is 22.7 Å². The first-order valence-corrected chi connectivity index (χ1v) is 10.5. The number of carbonyl (C=O) groups excluding carboxylic acids is 1. The summed E-state index contributed by atoms with van der Waals surface area (Å²) >= 11 is 0. The summed E-state index contributed by atoms with van der Waals surface area (Å²) in [7, 11) is -3.43. The van der Waals surface area contributed by atoms with Gasteiger partial charge in [-0.3, -0.25) is 4.79 Å². The SMILES string of the molecule is CCS(=O)(=O)c1ccc(O)c(NC(=O)CCc2ccc(-c3ccccc3)o2)c1. The third-order valence-electron chi connectivity index (χ3n) is 4.30. The fourth-order valence-electron chi connectivity index (χ4n) is 2.69. The van der Waals surface area contributed by atoms with Crippen molar-refractivity contribution in [3.8, 4) is 17.1 Å². The van der Waals surface area contributed by atoms with Gasteiger partial charge in [-0.15, -0.1) is 0 Å². The standard InChI is InChI=1S/C21H21NO5S/c1-2-28(25,26)17-10-11-19(23)18(14-17)22-21(24)13-9-16-8-12-20(27-16)15-6-4-3-5-7-15/h3-8,10-12,14,23H,2,9,13H2,1H3,(H,22,24). The van der Waals surface area contributed by atoms with Gasteiger partial charge in [0.05, 0.1) is 16.3 Å². The summed E-state index contributed by atoms with van der Waals surface area (Å²) in [4.78, 5) is 12.3. The predicted molar refractivity (Wildman–Crippen MR) is 107 cm³/mol. The minimum Gasteiger partial charge on any atom is -0.506 e. The Kier molecular flexibility index (Phi) is 5.84. The molecule has 0 fully saturated rings. The number of aromatic hydroxyl groups is 1. The first-order chi connectivity index (χ1) is 13.4. The molecule has 0 aliphatic rings. The molecule has 0 bridgehead atoms. The molecule has 28 heavy (non-hydrogen) atoms. The van der Waals surface area contributed by atoms with Crippen molar-refractivity contribution in [2.45, 2.75) is 24.7 Å². The zero-order valence-corrected chi connectivity index (χ0v) is 16.2. The van der Waals surface area contributed by atoms with Crippen LogP contribution in [0, 0.1) is 0 Å². The average Bonchev–Trinajstić information content (AvgIpc) is 3.18. The van der Waals surface area contributed by atoms with E-state index in [0.717, 1.165) is 11.3 Å². The van der Waals surface area contributed by atoms with Crippen LogP contribution in [0.3, 0.4) is 0 Å². The lowest BCUT2D eigenvalue weighted by Crippen LogP contribution is -2.13. The van der Waals surface area contributed by atoms with Crippen LogP contribution in [-0.4, -0.2) is 25.2 Å². The summed E-state index contributed by atoms with van der Waals surface area (Å²) < 4.78 is 29.7. The molecule has 1 amide bonds. The van der Waals surface area contributed by atoms with Crippen LogP contribution in [0.4, 0.5) is 5.69 Å². The van der Waals surface area contributed by atoms with Gasteiger partial charge >= 0.3 is 0 Å². The normalized spacial score (nSPS) is 11.3. The predicted octanol–water partition coefficient (Wildman–Crippen LogP) is 4.02. The summed E-state index contributed by atoms with van der Waals surface area (Å²) in [5, 5.41) is 12.5. The Balaban J connectivity index is 1.64. The molecule has 146 valence electrons. The number of aryl methyl sites for hydroxylation is 1. The maximum Gasteiger partial charge on any atom is 0.224 e. The first kappa shape index (κ1) is 19.7. The van der Waals surface area contributed by atoms with Crippen molar-refractivity contribution in [2.24, 2.45) is 0 Å². The Labute approximate surface area is 163 Å². The average molecular weight is 399 g/mol. The van der Waals surface area contributed by atoms with Crippen molar-refractivity contribution in [3.05, 3.63) is 66.4 Å². The van der Waals surface area contributed by atoms with Crippen molar-refractivity contribution in [1.82, 2.24) is 0 Å². The van der Waals surface area contributed by atoms with E-state index in [1.807, 2.05) is 42.5 Å². The zero-order valence-electron chi connectivity index (χ0n) is 15.4. The smallest absolute Gasteiger partial charge is 0.224 e. The van der Waals surface area contributed by atoms with Crippen LogP contribution in [0.5, 0.6) is 5.75 Å². The van der Waals surface area contributed by atoms with Crippen molar-refractivity contribution in [3.63, 3.8) is 0 Å². The summed E-state index contributed by atoms with van der Waals surface area (Å²) in [5.41, 5.74) is 1.03. The third-order valence-corrected chi connectivity index (χ3v) is 6.03. The molecular weight excluding hydrogens is 378 g/mol. The van der Waals surface area contributed by atoms with Crippen molar-refractivity contribution in [1.29, 1.82) is 0 Å². The van der Waals surface area contributed by atoms with E-state index in [1.165, 1.54) is 25.1 Å². The topological polar surface area (TPSA) is 96.6 Å². The van der Waals surface area contributed by atoms with E-state index >= 15 is 0 Å². The minimum absolute atomic E-state index is 0.0571. The molecule has 3 aromatic rings. The Morgan fingerprint density at radius 3 is 2.54 bits per heavy atom. The number of amides is 1. The number of phenolic OH excluding ortho intramolecular Hbond substituents is 1. The number of rotatable bonds is 7. The van der Waals surface area contributed by atoms with E-state index in [0.29, 0.717) is 12.2 Å². The lowest BCUT2D eigenvalue weighted by molar-refractivity contribution is -0.116. The molecule has 3 rings (SSSR count). The number of hydrogen-bond donors (Lipinski definition) is 2. The molecule has 6 nitrogen and oxygen atoms in total. The number of nitrogens with one attached hydrogen (secondary N) is 1. The van der Waals surface area contributed by atoms with Crippen LogP contribution in [0.25, 0.3) is 11.3 Å². The highest BCUT2D eigenvalue weighted by molar-refractivity contribution is 7.91. The fraction of sp³-hybridized carbons (Fsp3) is 0.190. The van der Waals surface area contributed by atoms with Crippen molar-refractivity contribution >= 4 is 21.4 Å². The van der Waals surface area contributed by atoms with Gasteiger partial charge in [-0.1, -0.05) is 37.3 Å². The largest absolute Gasteiger partial charge is 0.506 e. The molecule has 1 aromatic heterocycles. The van der Waals surface area contributed by atoms with Gasteiger partial charge < -0.3 is 14.8 Å². The Morgan fingerprint density at radius 2 is 1.82 bits per heavy atom. The van der Waals surface area contributed by atoms with Crippen LogP contribution in [-0.2, 0) is 21.1 Å². The van der Waals surface area contributed by atoms with Crippen LogP contribution in [0.15, 0.2) is 70.0 Å². The van der Waals surface area contributed by atoms with Gasteiger partial charge in [-0.2, -0.15) is 0 Å². The van der Waals surface area contributed by atoms with Gasteiger partial charge in [-0.05, 0) is 30.3 Å². The van der Waals surface area contributed by atoms with Gasteiger partial charge in [-0.25, -0.2) is 8.42 Å². The molecule has 0 radical (unpaired) electrons. The zero-order chi connectivity index (χ0) is 20.1. The van der Waals surface area contributed by atoms with E-state index in [2.05, 4.69) is 5.32 Å². The van der Waals surface area contributed by atoms with E-state index in [-0.39, 0.29) is 34.4 Å². The second-order valence-corrected chi connectivity index (χ2v) is 8.54. The molecule has 2 N–H and O–H groups in total. The lowest BCUT2D eigenvalue weighted by Gasteiger charge is -2.09. The second-order valence-electron chi connectivity index (χ2n) is 6.26. The molecule has 7 heteroatoms. The number of benzene rings is 2. The molecule has 0 unspecified atom stereocenters. The number of carbonyl (C=O) groups is 1. The lowest BCUT2D eigenvalue weighted by atomic mass is 10.2. The quantitative estimate of drug-likeness (QED) is 0.585. The highest BCUT2D eigenvalue weighted by Gasteiger charge is 2.15. The monoisotopic (exact) mass is 399 g/mol. The van der Waals surface area contributed by atoms with E-state index in [9.17, 15) is 18.3 Å². The summed E-state index contributed by atoms with van der Waals surface area (Å²) in [6.45, 7) is 1.54. The van der Waals surface area contributed by atoms with E-state index in [1.54, 1.807) is 0 Å². The number of anilines is 1. The van der Waals surface area contributed by atoms with E-state index in [4.69, 9.17) is 4.42 Å². The Hall–Kier alpha value is -3.06. The first-order valence-electron chi connectivity index (χ1n) is 8.89. The highest BCUT2D eigenvalue weighted by Crippen LogP contribution is 2.27. The molecule has 2 aromatic carbocycles. The highest BCUT2D eigenvalue weighted by atomic mass is 32.2. The number of phenols is 1. The maximum atomic E-state index is 12.2. The molecule has 0 saturated heterocycles. The molecule has 0 aliphatic heterocycles. The number of hydrogen-bond acceptors (Lipinski definition) is 5.